The Morgan fingerprint density at radius 3 is 2.72 bits per heavy atom. The van der Waals surface area contributed by atoms with E-state index < -0.39 is 0 Å². The maximum absolute atomic E-state index is 5.89. The third-order valence-electron chi connectivity index (χ3n) is 3.05. The Labute approximate surface area is 116 Å². The minimum Gasteiger partial charge on any atom is -0.466 e. The molecule has 0 fully saturated rings. The first-order chi connectivity index (χ1) is 8.63. The summed E-state index contributed by atoms with van der Waals surface area (Å²) in [5, 5.41) is 0. The summed E-state index contributed by atoms with van der Waals surface area (Å²) in [4.78, 5) is 2.14. The minimum absolute atomic E-state index is 0.0242. The molecule has 18 heavy (non-hydrogen) atoms. The van der Waals surface area contributed by atoms with Crippen LogP contribution in [0.25, 0.3) is 0 Å². The van der Waals surface area contributed by atoms with Crippen LogP contribution >= 0.6 is 15.9 Å². The highest BCUT2D eigenvalue weighted by atomic mass is 79.9. The fraction of sp³-hybridized carbons (Fsp3) is 0.286. The van der Waals surface area contributed by atoms with Gasteiger partial charge in [0.1, 0.15) is 11.8 Å². The number of nitrogens with zero attached hydrogens (tertiary/aromatic N) is 1. The van der Waals surface area contributed by atoms with E-state index in [0.717, 1.165) is 15.9 Å². The molecule has 2 N–H and O–H groups in total. The second-order valence-corrected chi connectivity index (χ2v) is 5.19. The number of aryl methyl sites for hydroxylation is 1. The van der Waals surface area contributed by atoms with E-state index in [-0.39, 0.29) is 6.04 Å². The Morgan fingerprint density at radius 1 is 1.39 bits per heavy atom. The topological polar surface area (TPSA) is 42.4 Å². The lowest BCUT2D eigenvalue weighted by atomic mass is 10.1. The van der Waals surface area contributed by atoms with E-state index in [0.29, 0.717) is 6.54 Å². The third kappa shape index (κ3) is 2.60. The molecule has 0 aliphatic rings. The van der Waals surface area contributed by atoms with Crippen LogP contribution in [0.15, 0.2) is 45.5 Å². The van der Waals surface area contributed by atoms with Crippen LogP contribution in [-0.2, 0) is 0 Å². The average Bonchev–Trinajstić information content (AvgIpc) is 2.77. The van der Waals surface area contributed by atoms with Crippen molar-refractivity contribution in [3.05, 3.63) is 52.4 Å². The van der Waals surface area contributed by atoms with E-state index >= 15 is 0 Å². The summed E-state index contributed by atoms with van der Waals surface area (Å²) < 4.78 is 6.48. The van der Waals surface area contributed by atoms with Crippen LogP contribution in [-0.4, -0.2) is 13.6 Å². The van der Waals surface area contributed by atoms with Crippen molar-refractivity contribution in [2.45, 2.75) is 13.0 Å². The number of likely N-dealkylation sites (N-methyl/N-ethyl adjacent to an activating group) is 1. The smallest absolute Gasteiger partial charge is 0.141 e. The lowest BCUT2D eigenvalue weighted by Crippen LogP contribution is -2.30. The Balaban J connectivity index is 2.31. The summed E-state index contributed by atoms with van der Waals surface area (Å²) in [7, 11) is 2.03. The number of anilines is 1. The van der Waals surface area contributed by atoms with Crippen molar-refractivity contribution in [2.75, 3.05) is 18.5 Å². The highest BCUT2D eigenvalue weighted by Crippen LogP contribution is 2.30. The molecule has 1 heterocycles. The van der Waals surface area contributed by atoms with Gasteiger partial charge in [0.05, 0.1) is 10.7 Å². The number of halogens is 1. The van der Waals surface area contributed by atoms with Crippen molar-refractivity contribution in [1.82, 2.24) is 0 Å². The molecule has 1 aromatic heterocycles. The second kappa shape index (κ2) is 5.59. The molecule has 0 aliphatic heterocycles. The van der Waals surface area contributed by atoms with Gasteiger partial charge in [-0.15, -0.1) is 0 Å². The quantitative estimate of drug-likeness (QED) is 0.940. The Kier molecular flexibility index (Phi) is 4.09. The predicted molar refractivity (Wildman–Crippen MR) is 77.8 cm³/mol. The van der Waals surface area contributed by atoms with Gasteiger partial charge in [-0.25, -0.2) is 0 Å². The van der Waals surface area contributed by atoms with Gasteiger partial charge >= 0.3 is 0 Å². The number of furan rings is 1. The average molecular weight is 309 g/mol. The van der Waals surface area contributed by atoms with Crippen molar-refractivity contribution in [1.29, 1.82) is 0 Å². The number of hydrogen-bond donors (Lipinski definition) is 1. The normalized spacial score (nSPS) is 12.4. The van der Waals surface area contributed by atoms with E-state index in [1.54, 1.807) is 6.26 Å². The summed E-state index contributed by atoms with van der Waals surface area (Å²) >= 11 is 3.49. The number of hydrogen-bond acceptors (Lipinski definition) is 3. The summed E-state index contributed by atoms with van der Waals surface area (Å²) in [5.41, 5.74) is 8.25. The molecule has 96 valence electrons. The molecule has 0 saturated carbocycles. The van der Waals surface area contributed by atoms with Gasteiger partial charge in [0, 0.05) is 19.3 Å². The molecule has 3 nitrogen and oxygen atoms in total. The van der Waals surface area contributed by atoms with Gasteiger partial charge in [0.2, 0.25) is 0 Å². The van der Waals surface area contributed by atoms with Crippen molar-refractivity contribution in [3.8, 4) is 0 Å². The third-order valence-corrected chi connectivity index (χ3v) is 3.70. The molecule has 2 rings (SSSR count). The Morgan fingerprint density at radius 2 is 2.17 bits per heavy atom. The molecule has 1 atom stereocenters. The van der Waals surface area contributed by atoms with Crippen LogP contribution in [0.5, 0.6) is 0 Å². The first kappa shape index (κ1) is 13.2. The monoisotopic (exact) mass is 308 g/mol. The van der Waals surface area contributed by atoms with Gasteiger partial charge in [-0.1, -0.05) is 12.1 Å². The molecule has 0 radical (unpaired) electrons. The molecule has 4 heteroatoms. The molecule has 1 aromatic carbocycles. The maximum atomic E-state index is 5.89. The van der Waals surface area contributed by atoms with Crippen LogP contribution < -0.4 is 10.6 Å². The van der Waals surface area contributed by atoms with Crippen molar-refractivity contribution in [3.63, 3.8) is 0 Å². The van der Waals surface area contributed by atoms with E-state index in [1.165, 1.54) is 5.56 Å². The summed E-state index contributed by atoms with van der Waals surface area (Å²) in [6.07, 6.45) is 1.67. The minimum atomic E-state index is 0.0242. The van der Waals surface area contributed by atoms with E-state index in [9.17, 15) is 0 Å². The maximum Gasteiger partial charge on any atom is 0.141 e. The zero-order chi connectivity index (χ0) is 13.1. The highest BCUT2D eigenvalue weighted by Gasteiger charge is 2.21. The van der Waals surface area contributed by atoms with Crippen molar-refractivity contribution < 1.29 is 4.42 Å². The number of benzene rings is 1. The fourth-order valence-electron chi connectivity index (χ4n) is 2.01. The van der Waals surface area contributed by atoms with Crippen LogP contribution in [0.4, 0.5) is 5.69 Å². The summed E-state index contributed by atoms with van der Waals surface area (Å²) in [6, 6.07) is 10.3. The molecule has 0 amide bonds. The largest absolute Gasteiger partial charge is 0.466 e. The van der Waals surface area contributed by atoms with Gasteiger partial charge < -0.3 is 15.1 Å². The molecular formula is C14H17BrN2O. The lowest BCUT2D eigenvalue weighted by Gasteiger charge is -2.28. The van der Waals surface area contributed by atoms with Crippen molar-refractivity contribution >= 4 is 21.6 Å². The molecule has 0 spiro atoms. The van der Waals surface area contributed by atoms with Gasteiger partial charge in [-0.05, 0) is 46.6 Å². The number of rotatable bonds is 4. The zero-order valence-corrected chi connectivity index (χ0v) is 12.1. The molecular weight excluding hydrogens is 292 g/mol. The van der Waals surface area contributed by atoms with Gasteiger partial charge in [-0.3, -0.25) is 0 Å². The first-order valence-corrected chi connectivity index (χ1v) is 6.65. The first-order valence-electron chi connectivity index (χ1n) is 5.86. The van der Waals surface area contributed by atoms with Gasteiger partial charge in [0.15, 0.2) is 0 Å². The molecule has 2 aromatic rings. The van der Waals surface area contributed by atoms with Crippen LogP contribution in [0.1, 0.15) is 17.4 Å². The Bertz CT molecular complexity index is 524. The Hall–Kier alpha value is -1.26. The molecule has 0 saturated heterocycles. The van der Waals surface area contributed by atoms with Gasteiger partial charge in [-0.2, -0.15) is 0 Å². The molecule has 1 unspecified atom stereocenters. The van der Waals surface area contributed by atoms with E-state index in [4.69, 9.17) is 10.2 Å². The van der Waals surface area contributed by atoms with Crippen LogP contribution in [0, 0.1) is 6.92 Å². The summed E-state index contributed by atoms with van der Waals surface area (Å²) in [5.74, 6) is 0.863. The predicted octanol–water partition coefficient (Wildman–Crippen LogP) is 3.49. The SMILES string of the molecule is Cc1cccc(N(C)C(CN)c2occc2Br)c1. The lowest BCUT2D eigenvalue weighted by molar-refractivity contribution is 0.458. The standard InChI is InChI=1S/C14H17BrN2O/c1-10-4-3-5-11(8-10)17(2)13(9-16)14-12(15)6-7-18-14/h3-8,13H,9,16H2,1-2H3. The van der Waals surface area contributed by atoms with Gasteiger partial charge in [0.25, 0.3) is 0 Å². The van der Waals surface area contributed by atoms with Crippen LogP contribution in [0.3, 0.4) is 0 Å². The second-order valence-electron chi connectivity index (χ2n) is 4.33. The van der Waals surface area contributed by atoms with E-state index in [2.05, 4.69) is 46.0 Å². The highest BCUT2D eigenvalue weighted by molar-refractivity contribution is 9.10. The van der Waals surface area contributed by atoms with Crippen molar-refractivity contribution in [2.24, 2.45) is 5.73 Å². The fourth-order valence-corrected chi connectivity index (χ4v) is 2.48. The van der Waals surface area contributed by atoms with E-state index in [1.807, 2.05) is 19.2 Å². The number of nitrogens with two attached hydrogens (primary N) is 1. The molecule has 0 aliphatic carbocycles. The van der Waals surface area contributed by atoms with Crippen LogP contribution in [0.2, 0.25) is 0 Å². The molecule has 0 bridgehead atoms. The summed E-state index contributed by atoms with van der Waals surface area (Å²) in [6.45, 7) is 2.58. The zero-order valence-electron chi connectivity index (χ0n) is 10.6.